The second kappa shape index (κ2) is 7.04. The highest BCUT2D eigenvalue weighted by molar-refractivity contribution is 5.89. The molecule has 2 aromatic heterocycles. The van der Waals surface area contributed by atoms with E-state index in [2.05, 4.69) is 30.3 Å². The molecular weight excluding hydrogens is 292 g/mol. The average molecular weight is 312 g/mol. The van der Waals surface area contributed by atoms with Gasteiger partial charge in [0.1, 0.15) is 5.82 Å². The van der Waals surface area contributed by atoms with Gasteiger partial charge in [-0.2, -0.15) is 0 Å². The van der Waals surface area contributed by atoms with E-state index in [0.717, 1.165) is 37.8 Å². The van der Waals surface area contributed by atoms with Crippen LogP contribution in [-0.2, 0) is 4.79 Å². The molecule has 1 aliphatic heterocycles. The maximum atomic E-state index is 11.3. The Bertz CT molecular complexity index is 637. The first-order valence-corrected chi connectivity index (χ1v) is 7.81. The van der Waals surface area contributed by atoms with Gasteiger partial charge < -0.3 is 15.1 Å². The van der Waals surface area contributed by atoms with Gasteiger partial charge >= 0.3 is 0 Å². The summed E-state index contributed by atoms with van der Waals surface area (Å²) in [7, 11) is 0. The number of nitrogens with one attached hydrogen (secondary N) is 1. The zero-order valence-electron chi connectivity index (χ0n) is 13.1. The van der Waals surface area contributed by atoms with Crippen LogP contribution in [0, 0.1) is 0 Å². The van der Waals surface area contributed by atoms with Crippen molar-refractivity contribution in [3.05, 3.63) is 36.5 Å². The van der Waals surface area contributed by atoms with E-state index in [4.69, 9.17) is 0 Å². The highest BCUT2D eigenvalue weighted by atomic mass is 16.1. The first-order chi connectivity index (χ1) is 11.3. The molecule has 0 unspecified atom stereocenters. The monoisotopic (exact) mass is 312 g/mol. The van der Waals surface area contributed by atoms with Crippen molar-refractivity contribution in [3.8, 4) is 0 Å². The van der Waals surface area contributed by atoms with Crippen molar-refractivity contribution in [2.24, 2.45) is 0 Å². The summed E-state index contributed by atoms with van der Waals surface area (Å²) in [5, 5.41) is 11.0. The lowest BCUT2D eigenvalue weighted by molar-refractivity contribution is -0.115. The SMILES string of the molecule is CCC(=O)Nc1ccc(N2CCN(c3ccccn3)CC2)nn1. The van der Waals surface area contributed by atoms with Crippen molar-refractivity contribution in [2.45, 2.75) is 13.3 Å². The molecule has 0 saturated carbocycles. The third kappa shape index (κ3) is 3.74. The van der Waals surface area contributed by atoms with Gasteiger partial charge in [0.15, 0.2) is 11.6 Å². The van der Waals surface area contributed by atoms with Gasteiger partial charge in [-0.25, -0.2) is 4.98 Å². The van der Waals surface area contributed by atoms with E-state index in [1.807, 2.05) is 30.5 Å². The van der Waals surface area contributed by atoms with Crippen LogP contribution < -0.4 is 15.1 Å². The first kappa shape index (κ1) is 15.2. The van der Waals surface area contributed by atoms with Crippen LogP contribution in [-0.4, -0.2) is 47.3 Å². The largest absolute Gasteiger partial charge is 0.353 e. The maximum absolute atomic E-state index is 11.3. The Hall–Kier alpha value is -2.70. The molecule has 0 aliphatic carbocycles. The lowest BCUT2D eigenvalue weighted by Crippen LogP contribution is -2.47. The predicted molar refractivity (Wildman–Crippen MR) is 89.6 cm³/mol. The standard InChI is InChI=1S/C16H20N6O/c1-2-16(23)18-13-6-7-15(20-19-13)22-11-9-21(10-12-22)14-5-3-4-8-17-14/h3-8H,2,9-12H2,1H3,(H,18,19,23). The van der Waals surface area contributed by atoms with Crippen LogP contribution in [0.15, 0.2) is 36.5 Å². The summed E-state index contributed by atoms with van der Waals surface area (Å²) in [5.74, 6) is 2.28. The highest BCUT2D eigenvalue weighted by Gasteiger charge is 2.19. The van der Waals surface area contributed by atoms with Crippen molar-refractivity contribution in [1.29, 1.82) is 0 Å². The molecule has 1 fully saturated rings. The van der Waals surface area contributed by atoms with Gasteiger partial charge in [-0.15, -0.1) is 10.2 Å². The molecule has 1 N–H and O–H groups in total. The van der Waals surface area contributed by atoms with Crippen LogP contribution in [0.5, 0.6) is 0 Å². The van der Waals surface area contributed by atoms with E-state index in [0.29, 0.717) is 12.2 Å². The van der Waals surface area contributed by atoms with Crippen molar-refractivity contribution in [1.82, 2.24) is 15.2 Å². The quantitative estimate of drug-likeness (QED) is 0.923. The molecule has 23 heavy (non-hydrogen) atoms. The molecule has 120 valence electrons. The summed E-state index contributed by atoms with van der Waals surface area (Å²) in [5.41, 5.74) is 0. The van der Waals surface area contributed by atoms with E-state index in [-0.39, 0.29) is 5.91 Å². The van der Waals surface area contributed by atoms with Crippen molar-refractivity contribution in [3.63, 3.8) is 0 Å². The van der Waals surface area contributed by atoms with Gasteiger partial charge in [0.2, 0.25) is 5.91 Å². The molecule has 0 atom stereocenters. The molecule has 3 heterocycles. The molecule has 1 saturated heterocycles. The number of anilines is 3. The van der Waals surface area contributed by atoms with E-state index >= 15 is 0 Å². The molecule has 1 aliphatic rings. The predicted octanol–water partition coefficient (Wildman–Crippen LogP) is 1.55. The molecule has 0 spiro atoms. The minimum Gasteiger partial charge on any atom is -0.353 e. The van der Waals surface area contributed by atoms with Gasteiger partial charge in [-0.3, -0.25) is 4.79 Å². The van der Waals surface area contributed by atoms with E-state index < -0.39 is 0 Å². The topological polar surface area (TPSA) is 74.2 Å². The average Bonchev–Trinajstić information content (AvgIpc) is 2.63. The van der Waals surface area contributed by atoms with Crippen LogP contribution >= 0.6 is 0 Å². The zero-order valence-corrected chi connectivity index (χ0v) is 13.1. The van der Waals surface area contributed by atoms with Crippen LogP contribution in [0.4, 0.5) is 17.5 Å². The van der Waals surface area contributed by atoms with Crippen LogP contribution in [0.1, 0.15) is 13.3 Å². The summed E-state index contributed by atoms with van der Waals surface area (Å²) in [6.07, 6.45) is 2.25. The number of amides is 1. The molecule has 7 heteroatoms. The Morgan fingerprint density at radius 1 is 1.04 bits per heavy atom. The number of hydrogen-bond acceptors (Lipinski definition) is 6. The molecule has 3 rings (SSSR count). The second-order valence-electron chi connectivity index (χ2n) is 5.34. The van der Waals surface area contributed by atoms with Crippen molar-refractivity contribution < 1.29 is 4.79 Å². The Morgan fingerprint density at radius 3 is 2.35 bits per heavy atom. The number of carbonyl (C=O) groups excluding carboxylic acids is 1. The van der Waals surface area contributed by atoms with E-state index in [9.17, 15) is 4.79 Å². The van der Waals surface area contributed by atoms with Gasteiger partial charge in [0.05, 0.1) is 0 Å². The number of nitrogens with zero attached hydrogens (tertiary/aromatic N) is 5. The minimum atomic E-state index is -0.0592. The minimum absolute atomic E-state index is 0.0592. The molecule has 0 radical (unpaired) electrons. The summed E-state index contributed by atoms with van der Waals surface area (Å²) < 4.78 is 0. The van der Waals surface area contributed by atoms with Gasteiger partial charge in [-0.1, -0.05) is 13.0 Å². The first-order valence-electron chi connectivity index (χ1n) is 7.81. The number of hydrogen-bond donors (Lipinski definition) is 1. The van der Waals surface area contributed by atoms with E-state index in [1.165, 1.54) is 0 Å². The Labute approximate surface area is 135 Å². The fraction of sp³-hybridized carbons (Fsp3) is 0.375. The third-order valence-corrected chi connectivity index (χ3v) is 3.82. The van der Waals surface area contributed by atoms with Crippen molar-refractivity contribution in [2.75, 3.05) is 41.3 Å². The fourth-order valence-corrected chi connectivity index (χ4v) is 2.50. The molecule has 0 aromatic carbocycles. The summed E-state index contributed by atoms with van der Waals surface area (Å²) in [6, 6.07) is 9.65. The number of pyridine rings is 1. The Balaban J connectivity index is 1.58. The highest BCUT2D eigenvalue weighted by Crippen LogP contribution is 2.17. The van der Waals surface area contributed by atoms with Crippen molar-refractivity contribution >= 4 is 23.4 Å². The number of aromatic nitrogens is 3. The fourth-order valence-electron chi connectivity index (χ4n) is 2.50. The second-order valence-corrected chi connectivity index (χ2v) is 5.34. The van der Waals surface area contributed by atoms with Gasteiger partial charge in [-0.05, 0) is 24.3 Å². The van der Waals surface area contributed by atoms with Gasteiger partial charge in [0.25, 0.3) is 0 Å². The lowest BCUT2D eigenvalue weighted by Gasteiger charge is -2.35. The summed E-state index contributed by atoms with van der Waals surface area (Å²) in [4.78, 5) is 20.2. The molecule has 2 aromatic rings. The summed E-state index contributed by atoms with van der Waals surface area (Å²) in [6.45, 7) is 5.33. The van der Waals surface area contributed by atoms with Crippen LogP contribution in [0.25, 0.3) is 0 Å². The third-order valence-electron chi connectivity index (χ3n) is 3.82. The van der Waals surface area contributed by atoms with Crippen LogP contribution in [0.2, 0.25) is 0 Å². The Kier molecular flexibility index (Phi) is 4.65. The van der Waals surface area contributed by atoms with Gasteiger partial charge in [0, 0.05) is 38.8 Å². The number of carbonyl (C=O) groups is 1. The Morgan fingerprint density at radius 2 is 1.78 bits per heavy atom. The number of piperazine rings is 1. The number of rotatable bonds is 4. The smallest absolute Gasteiger partial charge is 0.225 e. The normalized spacial score (nSPS) is 14.7. The lowest BCUT2D eigenvalue weighted by atomic mass is 10.3. The molecule has 0 bridgehead atoms. The molecule has 1 amide bonds. The van der Waals surface area contributed by atoms with E-state index in [1.54, 1.807) is 13.0 Å². The molecular formula is C16H20N6O. The van der Waals surface area contributed by atoms with Crippen LogP contribution in [0.3, 0.4) is 0 Å². The summed E-state index contributed by atoms with van der Waals surface area (Å²) >= 11 is 0. The zero-order chi connectivity index (χ0) is 16.1. The maximum Gasteiger partial charge on any atom is 0.225 e. The molecule has 7 nitrogen and oxygen atoms in total.